The van der Waals surface area contributed by atoms with Gasteiger partial charge in [0.25, 0.3) is 0 Å². The molecule has 0 bridgehead atoms. The summed E-state index contributed by atoms with van der Waals surface area (Å²) < 4.78 is 0. The van der Waals surface area contributed by atoms with Crippen LogP contribution in [0.4, 0.5) is 0 Å². The highest BCUT2D eigenvalue weighted by molar-refractivity contribution is 6.17. The Balaban J connectivity index is 3.22. The Kier molecular flexibility index (Phi) is 4.15. The molecule has 0 heterocycles. The summed E-state index contributed by atoms with van der Waals surface area (Å²) in [6.45, 7) is 4.07. The first-order valence-electron chi connectivity index (χ1n) is 5.02. The molecule has 1 atom stereocenters. The molecule has 1 aromatic rings. The normalized spacial score (nSPS) is 12.5. The van der Waals surface area contributed by atoms with Crippen LogP contribution < -0.4 is 0 Å². The van der Waals surface area contributed by atoms with Crippen LogP contribution in [-0.2, 0) is 5.88 Å². The van der Waals surface area contributed by atoms with Gasteiger partial charge in [0.15, 0.2) is 0 Å². The number of alkyl halides is 1. The number of carbonyl (C=O) groups is 1. The number of carboxylic acids is 1. The maximum atomic E-state index is 11.0. The Bertz CT molecular complexity index is 361. The monoisotopic (exact) mass is 226 g/mol. The number of halogens is 1. The lowest BCUT2D eigenvalue weighted by Gasteiger charge is -2.13. The molecule has 82 valence electrons. The molecule has 0 aliphatic carbocycles. The topological polar surface area (TPSA) is 37.3 Å². The van der Waals surface area contributed by atoms with Gasteiger partial charge in [0.2, 0.25) is 0 Å². The van der Waals surface area contributed by atoms with Crippen molar-refractivity contribution >= 4 is 17.6 Å². The van der Waals surface area contributed by atoms with Gasteiger partial charge in [-0.25, -0.2) is 4.79 Å². The van der Waals surface area contributed by atoms with Crippen LogP contribution in [0.1, 0.15) is 47.7 Å². The molecule has 1 N–H and O–H groups in total. The van der Waals surface area contributed by atoms with E-state index in [4.69, 9.17) is 16.7 Å². The minimum atomic E-state index is -0.869. The van der Waals surface area contributed by atoms with Gasteiger partial charge in [0.05, 0.1) is 5.56 Å². The van der Waals surface area contributed by atoms with Gasteiger partial charge in [-0.05, 0) is 29.5 Å². The van der Waals surface area contributed by atoms with Crippen LogP contribution in [-0.4, -0.2) is 11.1 Å². The van der Waals surface area contributed by atoms with E-state index in [0.717, 1.165) is 17.5 Å². The average molecular weight is 227 g/mol. The van der Waals surface area contributed by atoms with Gasteiger partial charge in [0, 0.05) is 5.88 Å². The highest BCUT2D eigenvalue weighted by Gasteiger charge is 2.14. The van der Waals surface area contributed by atoms with Crippen LogP contribution in [0.25, 0.3) is 0 Å². The zero-order chi connectivity index (χ0) is 11.4. The highest BCUT2D eigenvalue weighted by Crippen LogP contribution is 2.24. The second-order valence-electron chi connectivity index (χ2n) is 3.67. The Hall–Kier alpha value is -1.02. The van der Waals surface area contributed by atoms with Gasteiger partial charge in [-0.1, -0.05) is 26.0 Å². The fourth-order valence-electron chi connectivity index (χ4n) is 1.52. The van der Waals surface area contributed by atoms with Crippen molar-refractivity contribution in [2.75, 3.05) is 0 Å². The zero-order valence-electron chi connectivity index (χ0n) is 8.96. The van der Waals surface area contributed by atoms with Crippen molar-refractivity contribution in [2.24, 2.45) is 0 Å². The molecule has 0 aromatic heterocycles. The van der Waals surface area contributed by atoms with Crippen molar-refractivity contribution in [3.05, 3.63) is 34.9 Å². The van der Waals surface area contributed by atoms with Gasteiger partial charge in [-0.15, -0.1) is 11.6 Å². The van der Waals surface area contributed by atoms with Crippen LogP contribution in [0.3, 0.4) is 0 Å². The summed E-state index contributed by atoms with van der Waals surface area (Å²) in [5.74, 6) is -0.200. The fourth-order valence-corrected chi connectivity index (χ4v) is 1.68. The molecule has 3 heteroatoms. The molecule has 1 aromatic carbocycles. The Morgan fingerprint density at radius 2 is 2.20 bits per heavy atom. The van der Waals surface area contributed by atoms with Gasteiger partial charge in [-0.2, -0.15) is 0 Å². The molecule has 0 saturated heterocycles. The van der Waals surface area contributed by atoms with Crippen LogP contribution >= 0.6 is 11.6 Å². The van der Waals surface area contributed by atoms with Crippen molar-refractivity contribution < 1.29 is 9.90 Å². The third-order valence-corrected chi connectivity index (χ3v) is 2.95. The summed E-state index contributed by atoms with van der Waals surface area (Å²) in [4.78, 5) is 11.0. The number of carboxylic acid groups (broad SMARTS) is 1. The summed E-state index contributed by atoms with van der Waals surface area (Å²) in [5.41, 5.74) is 2.23. The van der Waals surface area contributed by atoms with Crippen molar-refractivity contribution in [2.45, 2.75) is 32.1 Å². The Labute approximate surface area is 94.9 Å². The first-order chi connectivity index (χ1) is 7.10. The lowest BCUT2D eigenvalue weighted by atomic mass is 9.92. The van der Waals surface area contributed by atoms with Crippen LogP contribution in [0.2, 0.25) is 0 Å². The van der Waals surface area contributed by atoms with E-state index < -0.39 is 5.97 Å². The maximum Gasteiger partial charge on any atom is 0.335 e. The van der Waals surface area contributed by atoms with Crippen molar-refractivity contribution in [1.82, 2.24) is 0 Å². The SMILES string of the molecule is CCC(C)c1cc(CCl)ccc1C(=O)O. The fraction of sp³-hybridized carbons (Fsp3) is 0.417. The molecule has 1 unspecified atom stereocenters. The van der Waals surface area contributed by atoms with Gasteiger partial charge in [-0.3, -0.25) is 0 Å². The first kappa shape index (κ1) is 12.1. The zero-order valence-corrected chi connectivity index (χ0v) is 9.71. The van der Waals surface area contributed by atoms with Gasteiger partial charge < -0.3 is 5.11 Å². The van der Waals surface area contributed by atoms with E-state index in [1.807, 2.05) is 19.9 Å². The molecular weight excluding hydrogens is 212 g/mol. The quantitative estimate of drug-likeness (QED) is 0.796. The summed E-state index contributed by atoms with van der Waals surface area (Å²) in [6.07, 6.45) is 0.923. The van der Waals surface area contributed by atoms with Crippen LogP contribution in [0.15, 0.2) is 18.2 Å². The number of hydrogen-bond acceptors (Lipinski definition) is 1. The molecule has 2 nitrogen and oxygen atoms in total. The second-order valence-corrected chi connectivity index (χ2v) is 3.94. The molecule has 0 spiro atoms. The predicted octanol–water partition coefficient (Wildman–Crippen LogP) is 3.64. The number of benzene rings is 1. The molecule has 0 amide bonds. The molecular formula is C12H15ClO2. The van der Waals surface area contributed by atoms with E-state index >= 15 is 0 Å². The summed E-state index contributed by atoms with van der Waals surface area (Å²) in [5, 5.41) is 9.04. The number of hydrogen-bond donors (Lipinski definition) is 1. The molecule has 15 heavy (non-hydrogen) atoms. The smallest absolute Gasteiger partial charge is 0.335 e. The molecule has 0 aliphatic rings. The van der Waals surface area contributed by atoms with E-state index in [9.17, 15) is 4.79 Å². The van der Waals surface area contributed by atoms with Crippen LogP contribution in [0, 0.1) is 0 Å². The first-order valence-corrected chi connectivity index (χ1v) is 5.55. The van der Waals surface area contributed by atoms with E-state index in [2.05, 4.69) is 0 Å². The number of rotatable bonds is 4. The minimum absolute atomic E-state index is 0.249. The van der Waals surface area contributed by atoms with Crippen LogP contribution in [0.5, 0.6) is 0 Å². The third-order valence-electron chi connectivity index (χ3n) is 2.64. The predicted molar refractivity (Wildman–Crippen MR) is 61.7 cm³/mol. The van der Waals surface area contributed by atoms with Gasteiger partial charge in [0.1, 0.15) is 0 Å². The Morgan fingerprint density at radius 3 is 2.67 bits per heavy atom. The van der Waals surface area contributed by atoms with Crippen molar-refractivity contribution in [1.29, 1.82) is 0 Å². The molecule has 0 radical (unpaired) electrons. The Morgan fingerprint density at radius 1 is 1.53 bits per heavy atom. The summed E-state index contributed by atoms with van der Waals surface area (Å²) in [6, 6.07) is 5.30. The number of aromatic carboxylic acids is 1. The van der Waals surface area contributed by atoms with Gasteiger partial charge >= 0.3 is 5.97 Å². The molecule has 0 saturated carbocycles. The van der Waals surface area contributed by atoms with E-state index in [0.29, 0.717) is 11.4 Å². The summed E-state index contributed by atoms with van der Waals surface area (Å²) in [7, 11) is 0. The van der Waals surface area contributed by atoms with E-state index in [1.54, 1.807) is 12.1 Å². The molecule has 0 fully saturated rings. The lowest BCUT2D eigenvalue weighted by molar-refractivity contribution is 0.0695. The standard InChI is InChI=1S/C12H15ClO2/c1-3-8(2)11-6-9(7-13)4-5-10(11)12(14)15/h4-6,8H,3,7H2,1-2H3,(H,14,15). The van der Waals surface area contributed by atoms with Crippen molar-refractivity contribution in [3.8, 4) is 0 Å². The lowest BCUT2D eigenvalue weighted by Crippen LogP contribution is -2.05. The maximum absolute atomic E-state index is 11.0. The third kappa shape index (κ3) is 2.72. The minimum Gasteiger partial charge on any atom is -0.478 e. The second kappa shape index (κ2) is 5.17. The van der Waals surface area contributed by atoms with E-state index in [1.165, 1.54) is 0 Å². The molecule has 0 aliphatic heterocycles. The highest BCUT2D eigenvalue weighted by atomic mass is 35.5. The molecule has 1 rings (SSSR count). The average Bonchev–Trinajstić information content (AvgIpc) is 2.26. The summed E-state index contributed by atoms with van der Waals surface area (Å²) >= 11 is 5.73. The van der Waals surface area contributed by atoms with Crippen molar-refractivity contribution in [3.63, 3.8) is 0 Å². The largest absolute Gasteiger partial charge is 0.478 e. The van der Waals surface area contributed by atoms with E-state index in [-0.39, 0.29) is 5.92 Å².